The third-order valence-corrected chi connectivity index (χ3v) is 7.96. The van der Waals surface area contributed by atoms with E-state index >= 15 is 0 Å². The van der Waals surface area contributed by atoms with Crippen LogP contribution in [0.15, 0.2) is 24.3 Å². The predicted molar refractivity (Wildman–Crippen MR) is 140 cm³/mol. The Morgan fingerprint density at radius 3 is 2.47 bits per heavy atom. The van der Waals surface area contributed by atoms with E-state index in [0.717, 1.165) is 56.0 Å². The van der Waals surface area contributed by atoms with Gasteiger partial charge in [0.15, 0.2) is 0 Å². The molecule has 0 saturated carbocycles. The summed E-state index contributed by atoms with van der Waals surface area (Å²) in [5.74, 6) is 0.901. The average molecular weight is 516 g/mol. The number of likely N-dealkylation sites (tertiary alicyclic amines) is 1. The number of ether oxygens (including phenoxy) is 1. The van der Waals surface area contributed by atoms with E-state index in [9.17, 15) is 9.59 Å². The van der Waals surface area contributed by atoms with Gasteiger partial charge in [-0.1, -0.05) is 17.7 Å². The van der Waals surface area contributed by atoms with Gasteiger partial charge < -0.3 is 19.4 Å². The standard InChI is InChI=1S/C27H38ClN5O3/c1-20-24(21(2)31(4)29-20)16-25(34)33-10-6-9-27(18-33,19-36-23-8-5-7-22(28)15-23)17-26(35)32-13-11-30(3)12-14-32/h5,7-8,15H,6,9-14,16-19H2,1-4H3. The fourth-order valence-electron chi connectivity index (χ4n) is 5.35. The zero-order valence-corrected chi connectivity index (χ0v) is 22.7. The molecule has 2 fully saturated rings. The lowest BCUT2D eigenvalue weighted by Gasteiger charge is -2.43. The summed E-state index contributed by atoms with van der Waals surface area (Å²) in [7, 11) is 3.98. The van der Waals surface area contributed by atoms with Crippen LogP contribution >= 0.6 is 11.6 Å². The number of amides is 2. The largest absolute Gasteiger partial charge is 0.493 e. The smallest absolute Gasteiger partial charge is 0.227 e. The summed E-state index contributed by atoms with van der Waals surface area (Å²) < 4.78 is 8.03. The van der Waals surface area contributed by atoms with Crippen LogP contribution in [-0.4, -0.2) is 89.2 Å². The molecule has 0 spiro atoms. The van der Waals surface area contributed by atoms with Crippen LogP contribution in [0.5, 0.6) is 5.75 Å². The highest BCUT2D eigenvalue weighted by Crippen LogP contribution is 2.36. The maximum absolute atomic E-state index is 13.4. The van der Waals surface area contributed by atoms with Gasteiger partial charge in [0, 0.05) is 74.4 Å². The van der Waals surface area contributed by atoms with E-state index in [1.165, 1.54) is 0 Å². The molecule has 2 aromatic rings. The molecule has 196 valence electrons. The predicted octanol–water partition coefficient (Wildman–Crippen LogP) is 3.08. The van der Waals surface area contributed by atoms with Gasteiger partial charge in [-0.25, -0.2) is 0 Å². The van der Waals surface area contributed by atoms with Crippen LogP contribution in [0.1, 0.15) is 36.2 Å². The first kappa shape index (κ1) is 26.5. The second-order valence-electron chi connectivity index (χ2n) is 10.5. The Morgan fingerprint density at radius 2 is 1.81 bits per heavy atom. The molecular weight excluding hydrogens is 478 g/mol. The van der Waals surface area contributed by atoms with Crippen molar-refractivity contribution in [2.45, 2.75) is 39.5 Å². The highest BCUT2D eigenvalue weighted by molar-refractivity contribution is 6.30. The third kappa shape index (κ3) is 6.21. The molecular formula is C27H38ClN5O3. The number of aromatic nitrogens is 2. The van der Waals surface area contributed by atoms with Crippen molar-refractivity contribution >= 4 is 23.4 Å². The molecule has 8 nitrogen and oxygen atoms in total. The van der Waals surface area contributed by atoms with Crippen LogP contribution < -0.4 is 4.74 Å². The van der Waals surface area contributed by atoms with Gasteiger partial charge in [-0.05, 0) is 51.9 Å². The van der Waals surface area contributed by atoms with Crippen molar-refractivity contribution in [3.8, 4) is 5.75 Å². The molecule has 2 aliphatic heterocycles. The first-order valence-corrected chi connectivity index (χ1v) is 13.2. The third-order valence-electron chi connectivity index (χ3n) is 7.72. The van der Waals surface area contributed by atoms with Crippen LogP contribution in [0.2, 0.25) is 5.02 Å². The number of hydrogen-bond donors (Lipinski definition) is 0. The first-order valence-electron chi connectivity index (χ1n) is 12.8. The molecule has 2 saturated heterocycles. The molecule has 4 rings (SSSR count). The van der Waals surface area contributed by atoms with Gasteiger partial charge in [-0.3, -0.25) is 14.3 Å². The zero-order valence-electron chi connectivity index (χ0n) is 21.9. The molecule has 9 heteroatoms. The Bertz CT molecular complexity index is 1100. The Balaban J connectivity index is 1.51. The van der Waals surface area contributed by atoms with Gasteiger partial charge in [0.1, 0.15) is 5.75 Å². The van der Waals surface area contributed by atoms with E-state index in [0.29, 0.717) is 43.3 Å². The topological polar surface area (TPSA) is 70.9 Å². The minimum Gasteiger partial charge on any atom is -0.493 e. The van der Waals surface area contributed by atoms with E-state index in [4.69, 9.17) is 16.3 Å². The first-order chi connectivity index (χ1) is 17.2. The Kier molecular flexibility index (Phi) is 8.25. The maximum atomic E-state index is 13.4. The quantitative estimate of drug-likeness (QED) is 0.566. The number of likely N-dealkylation sites (N-methyl/N-ethyl adjacent to an activating group) is 1. The van der Waals surface area contributed by atoms with Gasteiger partial charge >= 0.3 is 0 Å². The van der Waals surface area contributed by atoms with E-state index < -0.39 is 5.41 Å². The fraction of sp³-hybridized carbons (Fsp3) is 0.593. The molecule has 1 aromatic heterocycles. The number of rotatable bonds is 7. The summed E-state index contributed by atoms with van der Waals surface area (Å²) in [6.07, 6.45) is 2.36. The van der Waals surface area contributed by atoms with Crippen molar-refractivity contribution in [3.63, 3.8) is 0 Å². The van der Waals surface area contributed by atoms with Crippen LogP contribution in [0.3, 0.4) is 0 Å². The summed E-state index contributed by atoms with van der Waals surface area (Å²) in [6, 6.07) is 7.33. The van der Waals surface area contributed by atoms with Crippen LogP contribution in [0, 0.1) is 19.3 Å². The molecule has 0 bridgehead atoms. The second-order valence-corrected chi connectivity index (χ2v) is 10.9. The minimum atomic E-state index is -0.449. The van der Waals surface area contributed by atoms with E-state index in [1.807, 2.05) is 53.6 Å². The average Bonchev–Trinajstić information content (AvgIpc) is 3.09. The molecule has 0 radical (unpaired) electrons. The molecule has 0 aliphatic carbocycles. The lowest BCUT2D eigenvalue weighted by atomic mass is 9.77. The Labute approximate surface area is 219 Å². The van der Waals surface area contributed by atoms with Crippen molar-refractivity contribution in [2.75, 3.05) is 52.9 Å². The number of piperidine rings is 1. The summed E-state index contributed by atoms with van der Waals surface area (Å²) in [5.41, 5.74) is 2.44. The zero-order chi connectivity index (χ0) is 25.9. The van der Waals surface area contributed by atoms with Gasteiger partial charge in [0.2, 0.25) is 11.8 Å². The van der Waals surface area contributed by atoms with Gasteiger partial charge in [-0.15, -0.1) is 0 Å². The Morgan fingerprint density at radius 1 is 1.06 bits per heavy atom. The van der Waals surface area contributed by atoms with Gasteiger partial charge in [0.25, 0.3) is 0 Å². The SMILES string of the molecule is Cc1nn(C)c(C)c1CC(=O)N1CCCC(COc2cccc(Cl)c2)(CC(=O)N2CCN(C)CC2)C1. The molecule has 0 N–H and O–H groups in total. The van der Waals surface area contributed by atoms with E-state index in [2.05, 4.69) is 17.0 Å². The van der Waals surface area contributed by atoms with Crippen LogP contribution in [0.4, 0.5) is 0 Å². The van der Waals surface area contributed by atoms with Crippen molar-refractivity contribution in [1.29, 1.82) is 0 Å². The lowest BCUT2D eigenvalue weighted by Crippen LogP contribution is -2.53. The van der Waals surface area contributed by atoms with Crippen molar-refractivity contribution in [1.82, 2.24) is 24.5 Å². The van der Waals surface area contributed by atoms with Crippen molar-refractivity contribution in [3.05, 3.63) is 46.2 Å². The summed E-state index contributed by atoms with van der Waals surface area (Å²) in [6.45, 7) is 8.74. The second kappa shape index (κ2) is 11.2. The summed E-state index contributed by atoms with van der Waals surface area (Å²) in [4.78, 5) is 33.0. The highest BCUT2D eigenvalue weighted by atomic mass is 35.5. The number of halogens is 1. The normalized spacial score (nSPS) is 21.0. The minimum absolute atomic E-state index is 0.0769. The van der Waals surface area contributed by atoms with Crippen LogP contribution in [0.25, 0.3) is 0 Å². The molecule has 3 heterocycles. The highest BCUT2D eigenvalue weighted by Gasteiger charge is 2.41. The number of hydrogen-bond acceptors (Lipinski definition) is 5. The number of nitrogens with zero attached hydrogens (tertiary/aromatic N) is 5. The molecule has 1 aromatic carbocycles. The monoisotopic (exact) mass is 515 g/mol. The number of piperazine rings is 1. The maximum Gasteiger partial charge on any atom is 0.227 e. The van der Waals surface area contributed by atoms with E-state index in [1.54, 1.807) is 6.07 Å². The van der Waals surface area contributed by atoms with E-state index in [-0.39, 0.29) is 11.8 Å². The summed E-state index contributed by atoms with van der Waals surface area (Å²) >= 11 is 6.16. The van der Waals surface area contributed by atoms with Crippen molar-refractivity contribution < 1.29 is 14.3 Å². The number of carbonyl (C=O) groups is 2. The van der Waals surface area contributed by atoms with Crippen LogP contribution in [-0.2, 0) is 23.1 Å². The number of benzene rings is 1. The molecule has 2 aliphatic rings. The van der Waals surface area contributed by atoms with Gasteiger partial charge in [-0.2, -0.15) is 5.10 Å². The fourth-order valence-corrected chi connectivity index (χ4v) is 5.53. The summed E-state index contributed by atoms with van der Waals surface area (Å²) in [5, 5.41) is 5.07. The number of carbonyl (C=O) groups excluding carboxylic acids is 2. The number of aryl methyl sites for hydroxylation is 2. The van der Waals surface area contributed by atoms with Gasteiger partial charge in [0.05, 0.1) is 18.7 Å². The lowest BCUT2D eigenvalue weighted by molar-refractivity contribution is -0.142. The molecule has 2 amide bonds. The van der Waals surface area contributed by atoms with Crippen molar-refractivity contribution in [2.24, 2.45) is 12.5 Å². The molecule has 1 atom stereocenters. The molecule has 1 unspecified atom stereocenters. The Hall–Kier alpha value is -2.58. The molecule has 36 heavy (non-hydrogen) atoms.